The average molecular weight is 263 g/mol. The Morgan fingerprint density at radius 2 is 2.32 bits per heavy atom. The molecule has 1 aromatic rings. The summed E-state index contributed by atoms with van der Waals surface area (Å²) in [6.07, 6.45) is 5.71. The molecule has 2 saturated heterocycles. The van der Waals surface area contributed by atoms with E-state index in [2.05, 4.69) is 22.9 Å². The molecule has 0 radical (unpaired) electrons. The molecule has 1 aromatic heterocycles. The monoisotopic (exact) mass is 263 g/mol. The number of hydrogen-bond donors (Lipinski definition) is 1. The van der Waals surface area contributed by atoms with Crippen LogP contribution in [-0.4, -0.2) is 49.1 Å². The van der Waals surface area contributed by atoms with Crippen LogP contribution in [0.2, 0.25) is 0 Å². The van der Waals surface area contributed by atoms with Crippen LogP contribution in [0.1, 0.15) is 31.1 Å². The second-order valence-corrected chi connectivity index (χ2v) is 6.00. The molecule has 0 bridgehead atoms. The van der Waals surface area contributed by atoms with Crippen LogP contribution < -0.4 is 5.73 Å². The van der Waals surface area contributed by atoms with Crippen molar-refractivity contribution >= 4 is 0 Å². The molecule has 106 valence electrons. The summed E-state index contributed by atoms with van der Waals surface area (Å²) in [6.45, 7) is 4.20. The second kappa shape index (κ2) is 5.65. The first kappa shape index (κ1) is 13.2. The van der Waals surface area contributed by atoms with E-state index < -0.39 is 0 Å². The number of hydrogen-bond acceptors (Lipinski definition) is 4. The normalized spacial score (nSPS) is 31.1. The molecule has 19 heavy (non-hydrogen) atoms. The SMILES string of the molecule is CN1CCCC2CN(C(CN)c3ccco3)CCC21. The Bertz CT molecular complexity index is 392. The van der Waals surface area contributed by atoms with Gasteiger partial charge in [0.05, 0.1) is 12.3 Å². The average Bonchev–Trinajstić information content (AvgIpc) is 2.94. The van der Waals surface area contributed by atoms with Crippen molar-refractivity contribution in [2.45, 2.75) is 31.3 Å². The highest BCUT2D eigenvalue weighted by Crippen LogP contribution is 2.33. The zero-order chi connectivity index (χ0) is 13.2. The quantitative estimate of drug-likeness (QED) is 0.901. The lowest BCUT2D eigenvalue weighted by atomic mass is 9.83. The van der Waals surface area contributed by atoms with Gasteiger partial charge in [0.25, 0.3) is 0 Å². The Morgan fingerprint density at radius 3 is 3.05 bits per heavy atom. The fraction of sp³-hybridized carbons (Fsp3) is 0.733. The summed E-state index contributed by atoms with van der Waals surface area (Å²) in [5.74, 6) is 1.82. The van der Waals surface area contributed by atoms with Crippen LogP contribution in [0.4, 0.5) is 0 Å². The molecule has 2 fully saturated rings. The van der Waals surface area contributed by atoms with E-state index in [0.29, 0.717) is 6.54 Å². The van der Waals surface area contributed by atoms with E-state index in [0.717, 1.165) is 30.8 Å². The van der Waals surface area contributed by atoms with Crippen molar-refractivity contribution in [1.82, 2.24) is 9.80 Å². The van der Waals surface area contributed by atoms with Gasteiger partial charge in [-0.3, -0.25) is 4.90 Å². The van der Waals surface area contributed by atoms with Crippen LogP contribution in [-0.2, 0) is 0 Å². The molecular formula is C15H25N3O. The minimum absolute atomic E-state index is 0.253. The Hall–Kier alpha value is -0.840. The van der Waals surface area contributed by atoms with Gasteiger partial charge in [0.1, 0.15) is 5.76 Å². The zero-order valence-corrected chi connectivity index (χ0v) is 11.8. The predicted molar refractivity (Wildman–Crippen MR) is 75.8 cm³/mol. The maximum Gasteiger partial charge on any atom is 0.122 e. The Balaban J connectivity index is 1.70. The van der Waals surface area contributed by atoms with E-state index in [9.17, 15) is 0 Å². The van der Waals surface area contributed by atoms with Crippen LogP contribution in [0.25, 0.3) is 0 Å². The number of nitrogens with zero attached hydrogens (tertiary/aromatic N) is 2. The van der Waals surface area contributed by atoms with Crippen LogP contribution in [0.15, 0.2) is 22.8 Å². The first-order valence-electron chi connectivity index (χ1n) is 7.47. The molecule has 2 N–H and O–H groups in total. The van der Waals surface area contributed by atoms with Crippen LogP contribution in [0, 0.1) is 5.92 Å². The van der Waals surface area contributed by atoms with Gasteiger partial charge in [-0.1, -0.05) is 0 Å². The van der Waals surface area contributed by atoms with Crippen molar-refractivity contribution in [3.05, 3.63) is 24.2 Å². The summed E-state index contributed by atoms with van der Waals surface area (Å²) < 4.78 is 5.56. The van der Waals surface area contributed by atoms with Crippen molar-refractivity contribution in [2.75, 3.05) is 33.2 Å². The third-order valence-electron chi connectivity index (χ3n) is 4.91. The molecule has 2 aliphatic rings. The number of rotatable bonds is 3. The molecule has 4 heteroatoms. The van der Waals surface area contributed by atoms with Gasteiger partial charge in [0, 0.05) is 25.7 Å². The smallest absolute Gasteiger partial charge is 0.122 e. The van der Waals surface area contributed by atoms with Crippen molar-refractivity contribution in [3.63, 3.8) is 0 Å². The number of likely N-dealkylation sites (tertiary alicyclic amines) is 2. The lowest BCUT2D eigenvalue weighted by Crippen LogP contribution is -2.53. The number of furan rings is 1. The maximum atomic E-state index is 5.98. The molecule has 3 heterocycles. The van der Waals surface area contributed by atoms with E-state index >= 15 is 0 Å². The van der Waals surface area contributed by atoms with Gasteiger partial charge >= 0.3 is 0 Å². The number of piperidine rings is 2. The lowest BCUT2D eigenvalue weighted by Gasteiger charge is -2.47. The second-order valence-electron chi connectivity index (χ2n) is 6.00. The summed E-state index contributed by atoms with van der Waals surface area (Å²) in [6, 6.07) is 5.04. The molecule has 0 aliphatic carbocycles. The van der Waals surface area contributed by atoms with Crippen molar-refractivity contribution < 1.29 is 4.42 Å². The summed E-state index contributed by atoms with van der Waals surface area (Å²) in [5.41, 5.74) is 5.98. The van der Waals surface area contributed by atoms with Crippen molar-refractivity contribution in [2.24, 2.45) is 11.7 Å². The Labute approximate surface area is 115 Å². The minimum atomic E-state index is 0.253. The van der Waals surface area contributed by atoms with E-state index in [1.54, 1.807) is 6.26 Å². The highest BCUT2D eigenvalue weighted by atomic mass is 16.3. The largest absolute Gasteiger partial charge is 0.468 e. The molecule has 3 unspecified atom stereocenters. The molecule has 3 rings (SSSR count). The molecule has 0 saturated carbocycles. The minimum Gasteiger partial charge on any atom is -0.468 e. The Morgan fingerprint density at radius 1 is 1.42 bits per heavy atom. The first-order valence-corrected chi connectivity index (χ1v) is 7.47. The predicted octanol–water partition coefficient (Wildman–Crippen LogP) is 1.70. The van der Waals surface area contributed by atoms with Gasteiger partial charge in [0.2, 0.25) is 0 Å². The van der Waals surface area contributed by atoms with Crippen LogP contribution >= 0.6 is 0 Å². The summed E-state index contributed by atoms with van der Waals surface area (Å²) >= 11 is 0. The molecule has 0 spiro atoms. The highest BCUT2D eigenvalue weighted by molar-refractivity contribution is 5.06. The molecule has 0 aromatic carbocycles. The molecule has 2 aliphatic heterocycles. The molecule has 0 amide bonds. The van der Waals surface area contributed by atoms with E-state index in [1.165, 1.54) is 25.8 Å². The molecular weight excluding hydrogens is 238 g/mol. The standard InChI is InChI=1S/C15H25N3O/c1-17-7-2-4-12-11-18(8-6-13(12)17)14(10-16)15-5-3-9-19-15/h3,5,9,12-14H,2,4,6-8,10-11,16H2,1H3. The van der Waals surface area contributed by atoms with E-state index in [1.807, 2.05) is 6.07 Å². The van der Waals surface area contributed by atoms with Gasteiger partial charge in [-0.15, -0.1) is 0 Å². The highest BCUT2D eigenvalue weighted by Gasteiger charge is 2.36. The number of nitrogens with two attached hydrogens (primary N) is 1. The third kappa shape index (κ3) is 2.57. The fourth-order valence-electron chi connectivity index (χ4n) is 3.89. The van der Waals surface area contributed by atoms with Gasteiger partial charge in [-0.2, -0.15) is 0 Å². The molecule has 4 nitrogen and oxygen atoms in total. The van der Waals surface area contributed by atoms with Crippen molar-refractivity contribution in [3.8, 4) is 0 Å². The van der Waals surface area contributed by atoms with E-state index in [4.69, 9.17) is 10.2 Å². The van der Waals surface area contributed by atoms with Gasteiger partial charge < -0.3 is 15.1 Å². The van der Waals surface area contributed by atoms with Gasteiger partial charge in [-0.25, -0.2) is 0 Å². The first-order chi connectivity index (χ1) is 9.29. The van der Waals surface area contributed by atoms with Crippen LogP contribution in [0.5, 0.6) is 0 Å². The topological polar surface area (TPSA) is 45.6 Å². The number of fused-ring (bicyclic) bond motifs is 1. The maximum absolute atomic E-state index is 5.98. The molecule has 3 atom stereocenters. The van der Waals surface area contributed by atoms with E-state index in [-0.39, 0.29) is 6.04 Å². The summed E-state index contributed by atoms with van der Waals surface area (Å²) in [7, 11) is 2.28. The van der Waals surface area contributed by atoms with Gasteiger partial charge in [-0.05, 0) is 50.9 Å². The summed E-state index contributed by atoms with van der Waals surface area (Å²) in [5, 5.41) is 0. The fourth-order valence-corrected chi connectivity index (χ4v) is 3.89. The lowest BCUT2D eigenvalue weighted by molar-refractivity contribution is 0.0172. The Kier molecular flexibility index (Phi) is 3.91. The van der Waals surface area contributed by atoms with Gasteiger partial charge in [0.15, 0.2) is 0 Å². The zero-order valence-electron chi connectivity index (χ0n) is 11.8. The summed E-state index contributed by atoms with van der Waals surface area (Å²) in [4.78, 5) is 5.08. The van der Waals surface area contributed by atoms with Crippen molar-refractivity contribution in [1.29, 1.82) is 0 Å². The van der Waals surface area contributed by atoms with Crippen LogP contribution in [0.3, 0.4) is 0 Å². The third-order valence-corrected chi connectivity index (χ3v) is 4.91.